The number of hydrogen-bond acceptors (Lipinski definition) is 8. The molecule has 1 aliphatic heterocycles. The number of nitrogens with zero attached hydrogens (tertiary/aromatic N) is 3. The van der Waals surface area contributed by atoms with Crippen molar-refractivity contribution >= 4 is 45.0 Å². The Bertz CT molecular complexity index is 1830. The van der Waals surface area contributed by atoms with Gasteiger partial charge in [-0.1, -0.05) is 45.5 Å². The summed E-state index contributed by atoms with van der Waals surface area (Å²) >= 11 is 4.62. The summed E-state index contributed by atoms with van der Waals surface area (Å²) in [6, 6.07) is 14.7. The molecule has 3 heterocycles. The van der Waals surface area contributed by atoms with E-state index in [0.717, 1.165) is 15.6 Å². The standard InChI is InChI=1S/C28H22BrN3O6S/c1-4-37-27(34)24-16(3)30-28-31(25(24)17-6-8-18(29)9-7-17)26(33)23(39-28)14-20-11-12-22(38-20)21-13-19(32(35)36)10-5-15(21)2/h5-14,25H,4H2,1-3H3/b23-14-/t25-/m0/s1. The highest BCUT2D eigenvalue weighted by Gasteiger charge is 2.33. The molecule has 0 amide bonds. The Morgan fingerprint density at radius 1 is 1.21 bits per heavy atom. The predicted octanol–water partition coefficient (Wildman–Crippen LogP) is 5.04. The minimum absolute atomic E-state index is 0.0393. The second-order valence-electron chi connectivity index (χ2n) is 8.81. The van der Waals surface area contributed by atoms with Gasteiger partial charge in [-0.05, 0) is 56.2 Å². The molecule has 1 aliphatic rings. The third-order valence-electron chi connectivity index (χ3n) is 6.30. The van der Waals surface area contributed by atoms with Crippen molar-refractivity contribution in [1.29, 1.82) is 0 Å². The zero-order valence-electron chi connectivity index (χ0n) is 21.1. The Morgan fingerprint density at radius 3 is 2.64 bits per heavy atom. The van der Waals surface area contributed by atoms with E-state index in [-0.39, 0.29) is 17.9 Å². The molecular formula is C28H22BrN3O6S. The minimum Gasteiger partial charge on any atom is -0.463 e. The molecule has 0 radical (unpaired) electrons. The molecule has 0 saturated carbocycles. The summed E-state index contributed by atoms with van der Waals surface area (Å²) in [5.41, 5.74) is 2.57. The zero-order valence-corrected chi connectivity index (χ0v) is 23.5. The van der Waals surface area contributed by atoms with Gasteiger partial charge in [0.1, 0.15) is 11.5 Å². The van der Waals surface area contributed by atoms with Crippen molar-refractivity contribution in [3.8, 4) is 11.3 Å². The number of carbonyl (C=O) groups is 1. The summed E-state index contributed by atoms with van der Waals surface area (Å²) in [7, 11) is 0. The number of ether oxygens (including phenoxy) is 1. The maximum absolute atomic E-state index is 13.7. The van der Waals surface area contributed by atoms with E-state index in [9.17, 15) is 19.7 Å². The van der Waals surface area contributed by atoms with Crippen LogP contribution in [-0.2, 0) is 9.53 Å². The Kier molecular flexibility index (Phi) is 7.19. The number of aromatic nitrogens is 1. The maximum atomic E-state index is 13.7. The van der Waals surface area contributed by atoms with E-state index < -0.39 is 16.9 Å². The van der Waals surface area contributed by atoms with E-state index in [1.807, 2.05) is 31.2 Å². The van der Waals surface area contributed by atoms with Crippen LogP contribution in [0, 0.1) is 17.0 Å². The van der Waals surface area contributed by atoms with E-state index in [2.05, 4.69) is 20.9 Å². The topological polar surface area (TPSA) is 117 Å². The molecule has 5 rings (SSSR count). The van der Waals surface area contributed by atoms with Crippen LogP contribution in [0.15, 0.2) is 84.5 Å². The van der Waals surface area contributed by atoms with Gasteiger partial charge in [-0.15, -0.1) is 0 Å². The number of furan rings is 1. The fourth-order valence-electron chi connectivity index (χ4n) is 4.45. The molecule has 2 aromatic carbocycles. The Balaban J connectivity index is 1.62. The number of benzene rings is 2. The molecule has 0 fully saturated rings. The lowest BCUT2D eigenvalue weighted by atomic mass is 9.96. The molecule has 9 nitrogen and oxygen atoms in total. The maximum Gasteiger partial charge on any atom is 0.338 e. The summed E-state index contributed by atoms with van der Waals surface area (Å²) in [6.45, 7) is 5.49. The van der Waals surface area contributed by atoms with Gasteiger partial charge in [-0.25, -0.2) is 9.79 Å². The van der Waals surface area contributed by atoms with Crippen molar-refractivity contribution < 1.29 is 18.9 Å². The molecule has 2 aromatic heterocycles. The number of non-ortho nitro benzene ring substituents is 1. The highest BCUT2D eigenvalue weighted by atomic mass is 79.9. The average molecular weight is 608 g/mol. The number of carbonyl (C=O) groups excluding carboxylic acids is 1. The summed E-state index contributed by atoms with van der Waals surface area (Å²) in [5, 5.41) is 11.2. The van der Waals surface area contributed by atoms with E-state index in [1.165, 1.54) is 28.0 Å². The lowest BCUT2D eigenvalue weighted by molar-refractivity contribution is -0.384. The largest absolute Gasteiger partial charge is 0.463 e. The second kappa shape index (κ2) is 10.6. The summed E-state index contributed by atoms with van der Waals surface area (Å²) in [5.74, 6) is 0.329. The number of hydrogen-bond donors (Lipinski definition) is 0. The lowest BCUT2D eigenvalue weighted by Gasteiger charge is -2.24. The smallest absolute Gasteiger partial charge is 0.338 e. The summed E-state index contributed by atoms with van der Waals surface area (Å²) in [4.78, 5) is 42.5. The number of halogens is 1. The van der Waals surface area contributed by atoms with Crippen molar-refractivity contribution in [3.05, 3.63) is 117 Å². The fraction of sp³-hybridized carbons (Fsp3) is 0.179. The first-order valence-corrected chi connectivity index (χ1v) is 13.6. The van der Waals surface area contributed by atoms with Gasteiger partial charge in [0.15, 0.2) is 4.80 Å². The zero-order chi connectivity index (χ0) is 27.8. The normalized spacial score (nSPS) is 15.2. The number of aryl methyl sites for hydroxylation is 1. The van der Waals surface area contributed by atoms with Gasteiger partial charge in [0.05, 0.1) is 33.4 Å². The van der Waals surface area contributed by atoms with Gasteiger partial charge in [0, 0.05) is 28.2 Å². The molecule has 0 spiro atoms. The molecule has 0 unspecified atom stereocenters. The van der Waals surface area contributed by atoms with Crippen LogP contribution in [0.1, 0.15) is 36.8 Å². The summed E-state index contributed by atoms with van der Waals surface area (Å²) in [6.07, 6.45) is 1.61. The molecular weight excluding hydrogens is 586 g/mol. The van der Waals surface area contributed by atoms with Crippen LogP contribution >= 0.6 is 27.3 Å². The molecule has 4 aromatic rings. The van der Waals surface area contributed by atoms with Crippen molar-refractivity contribution in [3.63, 3.8) is 0 Å². The van der Waals surface area contributed by atoms with Crippen LogP contribution in [0.4, 0.5) is 5.69 Å². The molecule has 0 bridgehead atoms. The third kappa shape index (κ3) is 5.02. The van der Waals surface area contributed by atoms with Gasteiger partial charge in [-0.2, -0.15) is 0 Å². The monoisotopic (exact) mass is 607 g/mol. The van der Waals surface area contributed by atoms with Crippen LogP contribution in [0.3, 0.4) is 0 Å². The minimum atomic E-state index is -0.713. The van der Waals surface area contributed by atoms with Gasteiger partial charge in [-0.3, -0.25) is 19.5 Å². The number of thiazole rings is 1. The number of rotatable bonds is 6. The number of fused-ring (bicyclic) bond motifs is 1. The molecule has 198 valence electrons. The first-order valence-electron chi connectivity index (χ1n) is 12.0. The molecule has 0 aliphatic carbocycles. The van der Waals surface area contributed by atoms with E-state index >= 15 is 0 Å². The Morgan fingerprint density at radius 2 is 1.95 bits per heavy atom. The van der Waals surface area contributed by atoms with Gasteiger partial charge < -0.3 is 9.15 Å². The lowest BCUT2D eigenvalue weighted by Crippen LogP contribution is -2.39. The predicted molar refractivity (Wildman–Crippen MR) is 150 cm³/mol. The first-order chi connectivity index (χ1) is 18.7. The number of nitro groups is 1. The molecule has 0 N–H and O–H groups in total. The molecule has 0 saturated heterocycles. The third-order valence-corrected chi connectivity index (χ3v) is 7.81. The van der Waals surface area contributed by atoms with Crippen molar-refractivity contribution in [1.82, 2.24) is 4.57 Å². The van der Waals surface area contributed by atoms with Crippen LogP contribution in [0.2, 0.25) is 0 Å². The number of allylic oxidation sites excluding steroid dienone is 1. The highest BCUT2D eigenvalue weighted by Crippen LogP contribution is 2.32. The van der Waals surface area contributed by atoms with Crippen LogP contribution in [0.25, 0.3) is 17.4 Å². The van der Waals surface area contributed by atoms with Crippen molar-refractivity contribution in [2.45, 2.75) is 26.8 Å². The number of esters is 1. The molecule has 39 heavy (non-hydrogen) atoms. The van der Waals surface area contributed by atoms with E-state index in [4.69, 9.17) is 9.15 Å². The van der Waals surface area contributed by atoms with Crippen molar-refractivity contribution in [2.75, 3.05) is 6.61 Å². The number of nitro benzene ring substituents is 1. The van der Waals surface area contributed by atoms with Crippen LogP contribution in [0.5, 0.6) is 0 Å². The van der Waals surface area contributed by atoms with Gasteiger partial charge >= 0.3 is 5.97 Å². The highest BCUT2D eigenvalue weighted by molar-refractivity contribution is 9.10. The molecule has 1 atom stereocenters. The van der Waals surface area contributed by atoms with E-state index in [0.29, 0.717) is 37.7 Å². The quantitative estimate of drug-likeness (QED) is 0.172. The average Bonchev–Trinajstić information content (AvgIpc) is 3.48. The fourth-order valence-corrected chi connectivity index (χ4v) is 5.74. The van der Waals surface area contributed by atoms with Gasteiger partial charge in [0.25, 0.3) is 11.2 Å². The Hall–Kier alpha value is -4.09. The summed E-state index contributed by atoms with van der Waals surface area (Å²) < 4.78 is 14.0. The SMILES string of the molecule is CCOC(=O)C1=C(C)N=c2s/c(=C\c3ccc(-c4cc([N+](=O)[O-])ccc4C)o3)c(=O)n2[C@H]1c1ccc(Br)cc1. The first kappa shape index (κ1) is 26.5. The van der Waals surface area contributed by atoms with Crippen LogP contribution in [-0.4, -0.2) is 22.1 Å². The van der Waals surface area contributed by atoms with Gasteiger partial charge in [0.2, 0.25) is 0 Å². The second-order valence-corrected chi connectivity index (χ2v) is 10.7. The molecule has 11 heteroatoms. The van der Waals surface area contributed by atoms with E-state index in [1.54, 1.807) is 38.1 Å². The van der Waals surface area contributed by atoms with Crippen LogP contribution < -0.4 is 14.9 Å². The van der Waals surface area contributed by atoms with Crippen molar-refractivity contribution in [2.24, 2.45) is 4.99 Å². The Labute approximate surface area is 234 Å².